The summed E-state index contributed by atoms with van der Waals surface area (Å²) in [5.41, 5.74) is 6.21. The summed E-state index contributed by atoms with van der Waals surface area (Å²) in [5, 5.41) is 9.75. The highest BCUT2D eigenvalue weighted by molar-refractivity contribution is 9.10. The van der Waals surface area contributed by atoms with Crippen LogP contribution in [0.2, 0.25) is 0 Å². The van der Waals surface area contributed by atoms with Gasteiger partial charge in [0.05, 0.1) is 5.56 Å². The SMILES string of the molecule is CC1CN(C(=O)c2ccc(Br)cc2O)CC1N. The van der Waals surface area contributed by atoms with E-state index in [1.54, 1.807) is 17.0 Å². The second-order valence-electron chi connectivity index (χ2n) is 4.51. The number of phenols is 1. The minimum absolute atomic E-state index is 0.00232. The van der Waals surface area contributed by atoms with Crippen molar-refractivity contribution in [1.82, 2.24) is 4.90 Å². The Morgan fingerprint density at radius 2 is 2.24 bits per heavy atom. The molecule has 1 aliphatic rings. The topological polar surface area (TPSA) is 66.6 Å². The summed E-state index contributed by atoms with van der Waals surface area (Å²) >= 11 is 3.24. The molecule has 0 aliphatic carbocycles. The van der Waals surface area contributed by atoms with Crippen LogP contribution in [0.3, 0.4) is 0 Å². The second-order valence-corrected chi connectivity index (χ2v) is 5.43. The fourth-order valence-corrected chi connectivity index (χ4v) is 2.36. The van der Waals surface area contributed by atoms with Gasteiger partial charge in [-0.2, -0.15) is 0 Å². The van der Waals surface area contributed by atoms with E-state index >= 15 is 0 Å². The van der Waals surface area contributed by atoms with Gasteiger partial charge in [-0.15, -0.1) is 0 Å². The fourth-order valence-electron chi connectivity index (χ4n) is 2.01. The van der Waals surface area contributed by atoms with Gasteiger partial charge >= 0.3 is 0 Å². The summed E-state index contributed by atoms with van der Waals surface area (Å²) in [6.45, 7) is 3.23. The van der Waals surface area contributed by atoms with E-state index < -0.39 is 0 Å². The number of nitrogens with zero attached hydrogens (tertiary/aromatic N) is 1. The lowest BCUT2D eigenvalue weighted by Gasteiger charge is -2.16. The van der Waals surface area contributed by atoms with E-state index in [0.717, 1.165) is 4.47 Å². The molecule has 0 saturated carbocycles. The maximum absolute atomic E-state index is 12.2. The third-order valence-corrected chi connectivity index (χ3v) is 3.64. The van der Waals surface area contributed by atoms with E-state index in [4.69, 9.17) is 5.73 Å². The molecule has 5 heteroatoms. The van der Waals surface area contributed by atoms with Crippen LogP contribution in [-0.2, 0) is 0 Å². The molecule has 0 bridgehead atoms. The Morgan fingerprint density at radius 1 is 1.53 bits per heavy atom. The average Bonchev–Trinajstić information content (AvgIpc) is 2.58. The van der Waals surface area contributed by atoms with E-state index in [2.05, 4.69) is 15.9 Å². The first-order valence-electron chi connectivity index (χ1n) is 5.52. The molecule has 0 spiro atoms. The normalized spacial score (nSPS) is 24.1. The van der Waals surface area contributed by atoms with Crippen molar-refractivity contribution in [3.05, 3.63) is 28.2 Å². The summed E-state index contributed by atoms with van der Waals surface area (Å²) in [7, 11) is 0. The van der Waals surface area contributed by atoms with Crippen molar-refractivity contribution in [3.8, 4) is 5.75 Å². The Kier molecular flexibility index (Phi) is 3.40. The average molecular weight is 299 g/mol. The summed E-state index contributed by atoms with van der Waals surface area (Å²) in [4.78, 5) is 13.9. The van der Waals surface area contributed by atoms with E-state index in [1.165, 1.54) is 6.07 Å². The number of aromatic hydroxyl groups is 1. The number of hydrogen-bond acceptors (Lipinski definition) is 3. The minimum Gasteiger partial charge on any atom is -0.507 e. The standard InChI is InChI=1S/C12H15BrN2O2/c1-7-5-15(6-10(7)14)12(17)9-3-2-8(13)4-11(9)16/h2-4,7,10,16H,5-6,14H2,1H3. The van der Waals surface area contributed by atoms with Crippen LogP contribution >= 0.6 is 15.9 Å². The lowest BCUT2D eigenvalue weighted by Crippen LogP contribution is -2.32. The van der Waals surface area contributed by atoms with Crippen molar-refractivity contribution in [2.45, 2.75) is 13.0 Å². The molecule has 0 aromatic heterocycles. The number of hydrogen-bond donors (Lipinski definition) is 2. The summed E-state index contributed by atoms with van der Waals surface area (Å²) in [5.74, 6) is 0.142. The number of halogens is 1. The third kappa shape index (κ3) is 2.45. The molecule has 1 aliphatic heterocycles. The largest absolute Gasteiger partial charge is 0.507 e. The molecular formula is C12H15BrN2O2. The van der Waals surface area contributed by atoms with Crippen LogP contribution in [0, 0.1) is 5.92 Å². The van der Waals surface area contributed by atoms with Crippen molar-refractivity contribution >= 4 is 21.8 Å². The van der Waals surface area contributed by atoms with Gasteiger partial charge in [0.2, 0.25) is 0 Å². The number of phenolic OH excluding ortho intramolecular Hbond substituents is 1. The molecule has 4 nitrogen and oxygen atoms in total. The van der Waals surface area contributed by atoms with E-state index in [1.807, 2.05) is 6.92 Å². The van der Waals surface area contributed by atoms with E-state index in [0.29, 0.717) is 24.6 Å². The molecular weight excluding hydrogens is 284 g/mol. The molecule has 1 heterocycles. The highest BCUT2D eigenvalue weighted by Crippen LogP contribution is 2.25. The molecule has 2 unspecified atom stereocenters. The number of rotatable bonds is 1. The van der Waals surface area contributed by atoms with Crippen molar-refractivity contribution < 1.29 is 9.90 Å². The molecule has 17 heavy (non-hydrogen) atoms. The highest BCUT2D eigenvalue weighted by atomic mass is 79.9. The van der Waals surface area contributed by atoms with Crippen molar-refractivity contribution in [2.75, 3.05) is 13.1 Å². The number of benzene rings is 1. The van der Waals surface area contributed by atoms with Crippen LogP contribution in [0.25, 0.3) is 0 Å². The highest BCUT2D eigenvalue weighted by Gasteiger charge is 2.31. The zero-order valence-corrected chi connectivity index (χ0v) is 11.1. The van der Waals surface area contributed by atoms with Crippen LogP contribution in [-0.4, -0.2) is 35.0 Å². The van der Waals surface area contributed by atoms with Gasteiger partial charge in [-0.05, 0) is 24.1 Å². The van der Waals surface area contributed by atoms with Crippen LogP contribution in [0.15, 0.2) is 22.7 Å². The molecule has 1 aromatic rings. The number of amides is 1. The van der Waals surface area contributed by atoms with Gasteiger partial charge in [0, 0.05) is 23.6 Å². The van der Waals surface area contributed by atoms with Crippen molar-refractivity contribution in [2.24, 2.45) is 11.7 Å². The maximum atomic E-state index is 12.2. The first-order chi connectivity index (χ1) is 7.99. The molecule has 0 radical (unpaired) electrons. The van der Waals surface area contributed by atoms with E-state index in [-0.39, 0.29) is 17.7 Å². The molecule has 92 valence electrons. The lowest BCUT2D eigenvalue weighted by atomic mass is 10.1. The van der Waals surface area contributed by atoms with Gasteiger partial charge in [0.25, 0.3) is 5.91 Å². The van der Waals surface area contributed by atoms with Gasteiger partial charge in [-0.3, -0.25) is 4.79 Å². The smallest absolute Gasteiger partial charge is 0.257 e. The Morgan fingerprint density at radius 3 is 2.76 bits per heavy atom. The third-order valence-electron chi connectivity index (χ3n) is 3.15. The van der Waals surface area contributed by atoms with Crippen LogP contribution < -0.4 is 5.73 Å². The zero-order valence-electron chi connectivity index (χ0n) is 9.56. The monoisotopic (exact) mass is 298 g/mol. The molecule has 2 atom stereocenters. The van der Waals surface area contributed by atoms with Gasteiger partial charge < -0.3 is 15.7 Å². The predicted octanol–water partition coefficient (Wildman–Crippen LogP) is 1.57. The number of likely N-dealkylation sites (tertiary alicyclic amines) is 1. The van der Waals surface area contributed by atoms with Crippen LogP contribution in [0.1, 0.15) is 17.3 Å². The minimum atomic E-state index is -0.158. The zero-order chi connectivity index (χ0) is 12.6. The van der Waals surface area contributed by atoms with Crippen molar-refractivity contribution in [3.63, 3.8) is 0 Å². The molecule has 3 N–H and O–H groups in total. The molecule has 2 rings (SSSR count). The Balaban J connectivity index is 2.20. The number of carbonyl (C=O) groups excluding carboxylic acids is 1. The Bertz CT molecular complexity index is 440. The molecule has 1 aromatic carbocycles. The number of carbonyl (C=O) groups is 1. The van der Waals surface area contributed by atoms with Crippen molar-refractivity contribution in [1.29, 1.82) is 0 Å². The van der Waals surface area contributed by atoms with Gasteiger partial charge in [-0.1, -0.05) is 22.9 Å². The number of nitrogens with two attached hydrogens (primary N) is 1. The molecule has 1 saturated heterocycles. The fraction of sp³-hybridized carbons (Fsp3) is 0.417. The summed E-state index contributed by atoms with van der Waals surface area (Å²) in [6, 6.07) is 4.91. The Labute approximate surface area is 109 Å². The lowest BCUT2D eigenvalue weighted by molar-refractivity contribution is 0.0784. The van der Waals surface area contributed by atoms with Gasteiger partial charge in [0.15, 0.2) is 0 Å². The van der Waals surface area contributed by atoms with E-state index in [9.17, 15) is 9.90 Å². The Hall–Kier alpha value is -1.07. The van der Waals surface area contributed by atoms with Gasteiger partial charge in [-0.25, -0.2) is 0 Å². The van der Waals surface area contributed by atoms with Crippen LogP contribution in [0.5, 0.6) is 5.75 Å². The predicted molar refractivity (Wildman–Crippen MR) is 68.8 cm³/mol. The first kappa shape index (κ1) is 12.4. The van der Waals surface area contributed by atoms with Gasteiger partial charge in [0.1, 0.15) is 5.75 Å². The second kappa shape index (κ2) is 4.66. The quantitative estimate of drug-likeness (QED) is 0.827. The summed E-state index contributed by atoms with van der Waals surface area (Å²) < 4.78 is 0.748. The summed E-state index contributed by atoms with van der Waals surface area (Å²) in [6.07, 6.45) is 0. The molecule has 1 amide bonds. The van der Waals surface area contributed by atoms with Crippen LogP contribution in [0.4, 0.5) is 0 Å². The molecule has 1 fully saturated rings. The first-order valence-corrected chi connectivity index (χ1v) is 6.31. The maximum Gasteiger partial charge on any atom is 0.257 e.